The lowest BCUT2D eigenvalue weighted by atomic mass is 10.2. The fourth-order valence-corrected chi connectivity index (χ4v) is 2.47. The van der Waals surface area contributed by atoms with E-state index in [9.17, 15) is 0 Å². The monoisotopic (exact) mass is 222 g/mol. The normalized spacial score (nSPS) is 11.8. The van der Waals surface area contributed by atoms with E-state index in [0.29, 0.717) is 0 Å². The van der Waals surface area contributed by atoms with Crippen molar-refractivity contribution in [1.82, 2.24) is 19.4 Å². The van der Waals surface area contributed by atoms with Crippen molar-refractivity contribution < 1.29 is 0 Å². The summed E-state index contributed by atoms with van der Waals surface area (Å²) in [5.74, 6) is 0. The third-order valence-electron chi connectivity index (χ3n) is 3.33. The number of aryl methyl sites for hydroxylation is 1. The summed E-state index contributed by atoms with van der Waals surface area (Å²) in [5, 5.41) is 10.5. The molecule has 4 nitrogen and oxygen atoms in total. The van der Waals surface area contributed by atoms with Crippen LogP contribution in [0.5, 0.6) is 0 Å². The van der Waals surface area contributed by atoms with E-state index >= 15 is 0 Å². The number of hydrogen-bond acceptors (Lipinski definition) is 2. The summed E-state index contributed by atoms with van der Waals surface area (Å²) < 4.78 is 3.99. The second-order valence-corrected chi connectivity index (χ2v) is 4.25. The summed E-state index contributed by atoms with van der Waals surface area (Å²) >= 11 is 0. The van der Waals surface area contributed by atoms with Gasteiger partial charge >= 0.3 is 0 Å². The third-order valence-corrected chi connectivity index (χ3v) is 3.33. The fourth-order valence-electron chi connectivity index (χ4n) is 2.47. The molecular formula is C13H10N4. The molecule has 0 bridgehead atoms. The summed E-state index contributed by atoms with van der Waals surface area (Å²) in [6, 6.07) is 10.6. The van der Waals surface area contributed by atoms with Gasteiger partial charge in [0.05, 0.1) is 23.4 Å². The van der Waals surface area contributed by atoms with E-state index in [2.05, 4.69) is 52.3 Å². The minimum Gasteiger partial charge on any atom is -0.342 e. The van der Waals surface area contributed by atoms with Crippen molar-refractivity contribution in [1.29, 1.82) is 0 Å². The molecule has 0 amide bonds. The van der Waals surface area contributed by atoms with Gasteiger partial charge in [0.25, 0.3) is 0 Å². The zero-order chi connectivity index (χ0) is 11.4. The minimum absolute atomic E-state index is 1.02. The summed E-state index contributed by atoms with van der Waals surface area (Å²) in [7, 11) is 2.08. The van der Waals surface area contributed by atoms with Gasteiger partial charge in [-0.05, 0) is 12.1 Å². The lowest BCUT2D eigenvalue weighted by molar-refractivity contribution is 0.854. The van der Waals surface area contributed by atoms with Crippen LogP contribution >= 0.6 is 0 Å². The molecule has 0 aliphatic carbocycles. The second kappa shape index (κ2) is 2.85. The number of pyridine rings is 1. The molecule has 0 aliphatic heterocycles. The maximum absolute atomic E-state index is 4.03. The topological polar surface area (TPSA) is 35.1 Å². The molecule has 1 aromatic carbocycles. The Kier molecular flexibility index (Phi) is 1.47. The van der Waals surface area contributed by atoms with Crippen molar-refractivity contribution in [2.75, 3.05) is 0 Å². The molecule has 4 aromatic rings. The Morgan fingerprint density at radius 2 is 1.94 bits per heavy atom. The average Bonchev–Trinajstić information content (AvgIpc) is 2.92. The van der Waals surface area contributed by atoms with Gasteiger partial charge in [0.15, 0.2) is 0 Å². The number of aromatic nitrogens is 4. The van der Waals surface area contributed by atoms with Crippen LogP contribution in [0, 0.1) is 0 Å². The quantitative estimate of drug-likeness (QED) is 0.458. The van der Waals surface area contributed by atoms with E-state index in [1.165, 1.54) is 21.8 Å². The molecule has 0 atom stereocenters. The molecule has 4 rings (SSSR count). The van der Waals surface area contributed by atoms with Gasteiger partial charge in [0.1, 0.15) is 0 Å². The van der Waals surface area contributed by atoms with Crippen LogP contribution in [0.25, 0.3) is 27.3 Å². The van der Waals surface area contributed by atoms with Crippen molar-refractivity contribution in [2.45, 2.75) is 0 Å². The molecular weight excluding hydrogens is 212 g/mol. The van der Waals surface area contributed by atoms with E-state index in [1.54, 1.807) is 10.7 Å². The Bertz CT molecular complexity index is 854. The summed E-state index contributed by atoms with van der Waals surface area (Å²) in [4.78, 5) is 0. The highest BCUT2D eigenvalue weighted by Crippen LogP contribution is 2.28. The van der Waals surface area contributed by atoms with E-state index in [0.717, 1.165) is 5.52 Å². The number of nitrogens with zero attached hydrogens (tertiary/aromatic N) is 4. The minimum atomic E-state index is 1.02. The first-order valence-electron chi connectivity index (χ1n) is 5.52. The summed E-state index contributed by atoms with van der Waals surface area (Å²) in [6.45, 7) is 0. The molecule has 4 heteroatoms. The van der Waals surface area contributed by atoms with Crippen LogP contribution < -0.4 is 0 Å². The van der Waals surface area contributed by atoms with Crippen molar-refractivity contribution in [3.05, 3.63) is 42.7 Å². The first kappa shape index (κ1) is 8.75. The van der Waals surface area contributed by atoms with Crippen LogP contribution in [0.1, 0.15) is 0 Å². The van der Waals surface area contributed by atoms with Gasteiger partial charge in [-0.3, -0.25) is 0 Å². The Balaban J connectivity index is 2.36. The lowest BCUT2D eigenvalue weighted by Crippen LogP contribution is -1.91. The number of rotatable bonds is 0. The molecule has 3 aromatic heterocycles. The van der Waals surface area contributed by atoms with Gasteiger partial charge in [-0.25, -0.2) is 4.52 Å². The second-order valence-electron chi connectivity index (χ2n) is 4.25. The predicted molar refractivity (Wildman–Crippen MR) is 67.0 cm³/mol. The lowest BCUT2D eigenvalue weighted by Gasteiger charge is -1.97. The largest absolute Gasteiger partial charge is 0.342 e. The van der Waals surface area contributed by atoms with Crippen LogP contribution in [0.2, 0.25) is 0 Å². The molecule has 17 heavy (non-hydrogen) atoms. The van der Waals surface area contributed by atoms with Gasteiger partial charge in [-0.15, -0.1) is 5.10 Å². The van der Waals surface area contributed by atoms with E-state index < -0.39 is 0 Å². The molecule has 82 valence electrons. The van der Waals surface area contributed by atoms with Gasteiger partial charge in [0.2, 0.25) is 0 Å². The number of hydrogen-bond donors (Lipinski definition) is 0. The van der Waals surface area contributed by atoms with E-state index in [4.69, 9.17) is 0 Å². The van der Waals surface area contributed by atoms with Crippen LogP contribution in [0.4, 0.5) is 0 Å². The first-order chi connectivity index (χ1) is 8.34. The number of benzene rings is 1. The highest BCUT2D eigenvalue weighted by Gasteiger charge is 2.09. The Labute approximate surface area is 97.1 Å². The van der Waals surface area contributed by atoms with Gasteiger partial charge in [0, 0.05) is 23.3 Å². The molecule has 3 heterocycles. The molecule has 0 saturated heterocycles. The van der Waals surface area contributed by atoms with Crippen molar-refractivity contribution in [2.24, 2.45) is 7.05 Å². The maximum atomic E-state index is 4.03. The first-order valence-corrected chi connectivity index (χ1v) is 5.52. The van der Waals surface area contributed by atoms with Crippen LogP contribution in [-0.2, 0) is 7.05 Å². The maximum Gasteiger partial charge on any atom is 0.0872 e. The summed E-state index contributed by atoms with van der Waals surface area (Å²) in [5.41, 5.74) is 3.43. The smallest absolute Gasteiger partial charge is 0.0872 e. The van der Waals surface area contributed by atoms with Crippen LogP contribution in [0.15, 0.2) is 42.7 Å². The van der Waals surface area contributed by atoms with Crippen LogP contribution in [-0.4, -0.2) is 19.4 Å². The molecule has 0 spiro atoms. The van der Waals surface area contributed by atoms with Crippen LogP contribution in [0.3, 0.4) is 0 Å². The SMILES string of the molecule is Cn1c2ccccc2c2cc3cnnn3cc21. The zero-order valence-corrected chi connectivity index (χ0v) is 9.33. The zero-order valence-electron chi connectivity index (χ0n) is 9.33. The molecule has 0 fully saturated rings. The molecule has 0 unspecified atom stereocenters. The van der Waals surface area contributed by atoms with Crippen molar-refractivity contribution >= 4 is 27.3 Å². The van der Waals surface area contributed by atoms with E-state index in [-0.39, 0.29) is 0 Å². The van der Waals surface area contributed by atoms with Crippen molar-refractivity contribution in [3.63, 3.8) is 0 Å². The molecule has 0 aliphatic rings. The predicted octanol–water partition coefficient (Wildman–Crippen LogP) is 2.37. The average molecular weight is 222 g/mol. The third kappa shape index (κ3) is 1.02. The van der Waals surface area contributed by atoms with Gasteiger partial charge in [-0.2, -0.15) is 0 Å². The molecule has 0 saturated carbocycles. The van der Waals surface area contributed by atoms with Crippen molar-refractivity contribution in [3.8, 4) is 0 Å². The van der Waals surface area contributed by atoms with E-state index in [1.807, 2.05) is 6.20 Å². The highest BCUT2D eigenvalue weighted by molar-refractivity contribution is 6.08. The number of para-hydroxylation sites is 1. The molecule has 0 radical (unpaired) electrons. The highest BCUT2D eigenvalue weighted by atomic mass is 15.4. The number of fused-ring (bicyclic) bond motifs is 4. The Hall–Kier alpha value is -2.36. The molecule has 0 N–H and O–H groups in total. The summed E-state index contributed by atoms with van der Waals surface area (Å²) in [6.07, 6.45) is 3.80. The fraction of sp³-hybridized carbons (Fsp3) is 0.0769. The Morgan fingerprint density at radius 3 is 2.88 bits per heavy atom. The standard InChI is InChI=1S/C13H10N4/c1-16-12-5-3-2-4-10(12)11-6-9-7-14-15-17(9)8-13(11)16/h2-8H,1H3. The van der Waals surface area contributed by atoms with Gasteiger partial charge in [-0.1, -0.05) is 23.4 Å². The van der Waals surface area contributed by atoms with Gasteiger partial charge < -0.3 is 4.57 Å². The Morgan fingerprint density at radius 1 is 1.06 bits per heavy atom.